The number of nitrogens with zero attached hydrogens (tertiary/aromatic N) is 4. The van der Waals surface area contributed by atoms with E-state index in [0.717, 1.165) is 96.0 Å². The number of benzene rings is 3. The summed E-state index contributed by atoms with van der Waals surface area (Å²) in [6.07, 6.45) is -14.5. The average molecular weight is 1220 g/mol. The highest BCUT2D eigenvalue weighted by Gasteiger charge is 2.54. The molecular formula is C56H85N15O12S2. The third kappa shape index (κ3) is 14.8. The SMILES string of the molecule is CN1CCN(c2ccc3nc(-c4ccc5nc(-c6ccc(OCCCCCNC(=S)NCCSC[C@H]7O[C@@H](O[C@@H]8[C@@H](O)[C@H](N)C[C@H](N)[C@H]8O[C@H]8O[C@H](CN)[C@@H](O)[C@H](O)[C@H]8N)[C@H](O)[C@@H]7O[C@@H]7O[C@@H](CN)[C@H](N)[C@@H](O)[C@@H]7N)cc6)[nH]c5c4)[nH]c3c2)CC1. The molecule has 0 radical (unpaired) electrons. The summed E-state index contributed by atoms with van der Waals surface area (Å²) >= 11 is 7.04. The Bertz CT molecular complexity index is 2950. The Hall–Kier alpha value is -4.52. The number of rotatable bonds is 23. The van der Waals surface area contributed by atoms with Crippen LogP contribution < -0.4 is 60.4 Å². The van der Waals surface area contributed by atoms with Crippen LogP contribution in [0.25, 0.3) is 44.8 Å². The van der Waals surface area contributed by atoms with Gasteiger partial charge in [-0.3, -0.25) is 0 Å². The number of aromatic amines is 2. The van der Waals surface area contributed by atoms with Gasteiger partial charge in [0, 0.05) is 92.8 Å². The summed E-state index contributed by atoms with van der Waals surface area (Å²) in [7, 11) is 2.16. The van der Waals surface area contributed by atoms with Crippen molar-refractivity contribution in [3.8, 4) is 28.5 Å². The highest BCUT2D eigenvalue weighted by molar-refractivity contribution is 7.99. The van der Waals surface area contributed by atoms with Gasteiger partial charge in [0.05, 0.1) is 71.2 Å². The third-order valence-electron chi connectivity index (χ3n) is 16.7. The van der Waals surface area contributed by atoms with Crippen molar-refractivity contribution in [1.29, 1.82) is 0 Å². The van der Waals surface area contributed by atoms with Crippen LogP contribution in [0.3, 0.4) is 0 Å². The van der Waals surface area contributed by atoms with E-state index >= 15 is 0 Å². The van der Waals surface area contributed by atoms with Gasteiger partial charge >= 0.3 is 0 Å². The predicted octanol–water partition coefficient (Wildman–Crippen LogP) is -2.64. The second kappa shape index (κ2) is 28.8. The van der Waals surface area contributed by atoms with Crippen LogP contribution in [-0.4, -0.2) is 249 Å². The van der Waals surface area contributed by atoms with Crippen LogP contribution in [-0.2, 0) is 28.4 Å². The maximum Gasteiger partial charge on any atom is 0.187 e. The first-order chi connectivity index (χ1) is 41.0. The minimum absolute atomic E-state index is 0.0346. The van der Waals surface area contributed by atoms with Crippen molar-refractivity contribution in [1.82, 2.24) is 35.5 Å². The van der Waals surface area contributed by atoms with E-state index in [9.17, 15) is 25.5 Å². The molecule has 0 bridgehead atoms. The second-order valence-electron chi connectivity index (χ2n) is 22.7. The van der Waals surface area contributed by atoms with Gasteiger partial charge in [0.25, 0.3) is 0 Å². The van der Waals surface area contributed by atoms with Crippen molar-refractivity contribution in [3.05, 3.63) is 60.7 Å². The topological polar surface area (TPSA) is 436 Å². The number of fused-ring (bicyclic) bond motifs is 2. The Labute approximate surface area is 502 Å². The van der Waals surface area contributed by atoms with Gasteiger partial charge in [0.15, 0.2) is 24.0 Å². The molecule has 1 aliphatic carbocycles. The van der Waals surface area contributed by atoms with E-state index in [1.807, 2.05) is 36.4 Å². The fourth-order valence-corrected chi connectivity index (χ4v) is 12.6. The molecule has 19 atom stereocenters. The molecule has 0 spiro atoms. The number of piperazine rings is 1. The van der Waals surface area contributed by atoms with Gasteiger partial charge in [-0.2, -0.15) is 11.8 Å². The number of H-pyrrole nitrogens is 2. The first kappa shape index (κ1) is 63.5. The lowest BCUT2D eigenvalue weighted by molar-refractivity contribution is -0.306. The van der Waals surface area contributed by atoms with Gasteiger partial charge in [0.1, 0.15) is 60.1 Å². The largest absolute Gasteiger partial charge is 0.494 e. The van der Waals surface area contributed by atoms with Crippen molar-refractivity contribution >= 4 is 56.8 Å². The summed E-state index contributed by atoms with van der Waals surface area (Å²) in [6.45, 7) is 5.66. The first-order valence-corrected chi connectivity index (χ1v) is 30.8. The molecule has 5 aromatic rings. The average Bonchev–Trinajstić information content (AvgIpc) is 4.29. The van der Waals surface area contributed by atoms with Crippen molar-refractivity contribution in [3.63, 3.8) is 0 Å². The third-order valence-corrected chi connectivity index (χ3v) is 18.0. The van der Waals surface area contributed by atoms with Crippen LogP contribution in [0.15, 0.2) is 60.7 Å². The quantitative estimate of drug-likeness (QED) is 0.0235. The molecule has 5 fully saturated rings. The lowest BCUT2D eigenvalue weighted by Crippen LogP contribution is -2.68. The normalized spacial score (nSPS) is 33.8. The number of hydrogen-bond acceptors (Lipinski definition) is 25. The summed E-state index contributed by atoms with van der Waals surface area (Å²) in [5.41, 5.74) is 50.1. The molecule has 4 aliphatic heterocycles. The molecule has 6 heterocycles. The minimum atomic E-state index is -1.52. The molecule has 3 aromatic carbocycles. The second-order valence-corrected chi connectivity index (χ2v) is 24.3. The number of hydrogen-bond donors (Lipinski definition) is 16. The van der Waals surface area contributed by atoms with Gasteiger partial charge in [0.2, 0.25) is 0 Å². The monoisotopic (exact) mass is 1220 g/mol. The summed E-state index contributed by atoms with van der Waals surface area (Å²) < 4.78 is 43.0. The molecule has 468 valence electrons. The number of ether oxygens (including phenoxy) is 7. The number of nitrogens with two attached hydrogens (primary N) is 7. The summed E-state index contributed by atoms with van der Waals surface area (Å²) in [5.74, 6) is 3.20. The number of aliphatic hydroxyl groups excluding tert-OH is 5. The smallest absolute Gasteiger partial charge is 0.187 e. The van der Waals surface area contributed by atoms with E-state index in [2.05, 4.69) is 61.7 Å². The summed E-state index contributed by atoms with van der Waals surface area (Å²) in [4.78, 5) is 21.6. The fraction of sp³-hybridized carbons (Fsp3) is 0.625. The highest BCUT2D eigenvalue weighted by Crippen LogP contribution is 2.36. The molecule has 23 N–H and O–H groups in total. The Kier molecular flexibility index (Phi) is 21.5. The Morgan fingerprint density at radius 2 is 1.25 bits per heavy atom. The molecule has 1 saturated carbocycles. The molecule has 0 unspecified atom stereocenters. The minimum Gasteiger partial charge on any atom is -0.494 e. The lowest BCUT2D eigenvalue weighted by atomic mass is 9.84. The number of likely N-dealkylation sites (N-methyl/N-ethyl adjacent to an activating group) is 1. The van der Waals surface area contributed by atoms with E-state index in [4.69, 9.17) is 95.5 Å². The van der Waals surface area contributed by atoms with E-state index in [1.165, 1.54) is 17.4 Å². The highest BCUT2D eigenvalue weighted by atomic mass is 32.2. The van der Waals surface area contributed by atoms with Crippen molar-refractivity contribution in [2.75, 3.05) is 82.4 Å². The van der Waals surface area contributed by atoms with E-state index in [1.54, 1.807) is 0 Å². The van der Waals surface area contributed by atoms with Crippen LogP contribution in [0.2, 0.25) is 0 Å². The predicted molar refractivity (Wildman–Crippen MR) is 325 cm³/mol. The number of thioether (sulfide) groups is 1. The number of imidazole rings is 2. The van der Waals surface area contributed by atoms with E-state index in [-0.39, 0.29) is 25.3 Å². The Balaban J connectivity index is 0.653. The van der Waals surface area contributed by atoms with Crippen LogP contribution >= 0.6 is 24.0 Å². The maximum absolute atomic E-state index is 11.9. The first-order valence-electron chi connectivity index (χ1n) is 29.3. The number of aromatic nitrogens is 4. The van der Waals surface area contributed by atoms with Crippen LogP contribution in [0.1, 0.15) is 25.7 Å². The maximum atomic E-state index is 11.9. The number of anilines is 1. The number of aliphatic hydroxyl groups is 5. The molecule has 2 aromatic heterocycles. The zero-order valence-corrected chi connectivity index (χ0v) is 49.2. The van der Waals surface area contributed by atoms with Crippen molar-refractivity contribution in [2.45, 2.75) is 142 Å². The van der Waals surface area contributed by atoms with Gasteiger partial charge in [-0.05, 0) is 106 Å². The molecule has 29 heteroatoms. The lowest BCUT2D eigenvalue weighted by Gasteiger charge is -2.47. The Morgan fingerprint density at radius 3 is 1.96 bits per heavy atom. The zero-order chi connectivity index (χ0) is 60.1. The van der Waals surface area contributed by atoms with Crippen molar-refractivity contribution in [2.24, 2.45) is 40.1 Å². The molecule has 10 rings (SSSR count). The number of nitrogens with one attached hydrogen (secondary N) is 4. The van der Waals surface area contributed by atoms with Gasteiger partial charge in [-0.25, -0.2) is 9.97 Å². The molecule has 85 heavy (non-hydrogen) atoms. The molecule has 27 nitrogen and oxygen atoms in total. The zero-order valence-electron chi connectivity index (χ0n) is 47.6. The van der Waals surface area contributed by atoms with Crippen LogP contribution in [0.4, 0.5) is 5.69 Å². The fourth-order valence-electron chi connectivity index (χ4n) is 11.5. The Morgan fingerprint density at radius 1 is 0.635 bits per heavy atom. The number of thiocarbonyl (C=S) groups is 1. The molecule has 5 aliphatic rings. The summed E-state index contributed by atoms with van der Waals surface area (Å²) in [6, 6.07) is 15.6. The standard InChI is InChI=1S/C56H85N15O12S2/c1-70-15-17-71(18-16-70)29-8-12-34-36(22-29)69-52(67-34)28-7-11-33-35(21-28)68-51(66-33)27-5-9-30(10-6-27)77-19-4-2-3-13-64-56(84)65-14-20-85-26-39-49(82-53-41(62)45(74)40(61)37(24-57)78-53)47(76)55(80-39)83-50-43(72)31(59)23-32(60)48(50)81-54-42(63)46(75)44(73)38(25-58)79-54/h5-12,21-22,31-32,37-50,53-55,72-76H,2-4,13-20,23-26,57-63H2,1H3,(H,66,68)(H,67,69)(H2,64,65,84)/t31-,32+,37+,38-,39-,40+,41+,42-,43+,44-,45-,46-,47-,48-,49-,50-,53+,54-,55+/m1/s1. The van der Waals surface area contributed by atoms with Gasteiger partial charge in [-0.1, -0.05) is 0 Å². The van der Waals surface area contributed by atoms with Crippen LogP contribution in [0.5, 0.6) is 5.75 Å². The van der Waals surface area contributed by atoms with E-state index in [0.29, 0.717) is 30.6 Å². The molecule has 0 amide bonds. The van der Waals surface area contributed by atoms with Gasteiger partial charge < -0.3 is 129 Å². The van der Waals surface area contributed by atoms with Crippen LogP contribution in [0, 0.1) is 0 Å². The van der Waals surface area contributed by atoms with E-state index < -0.39 is 116 Å². The van der Waals surface area contributed by atoms with Gasteiger partial charge in [-0.15, -0.1) is 0 Å². The number of unbranched alkanes of at least 4 members (excludes halogenated alkanes) is 2. The molecule has 4 saturated heterocycles. The van der Waals surface area contributed by atoms with Crippen molar-refractivity contribution < 1.29 is 58.7 Å². The summed E-state index contributed by atoms with van der Waals surface area (Å²) in [5, 5.41) is 62.3. The molecular weight excluding hydrogens is 1140 g/mol.